The first-order valence-electron chi connectivity index (χ1n) is 6.83. The number of nitrogens with one attached hydrogen (secondary N) is 2. The van der Waals surface area contributed by atoms with Crippen LogP contribution in [0.15, 0.2) is 23.3 Å². The van der Waals surface area contributed by atoms with Gasteiger partial charge in [-0.25, -0.2) is 5.43 Å². The molecule has 0 saturated carbocycles. The van der Waals surface area contributed by atoms with Crippen LogP contribution in [0.3, 0.4) is 0 Å². The standard InChI is InChI=1S/C14H17Cl2N3O2/c15-12-2-1-11(13(16)9-12)10-17-18-14(20)3-4-19-5-7-21-8-6-19/h1-2,9-10H,3-8H2,(H,18,20)/p+1/b17-10-. The van der Waals surface area contributed by atoms with E-state index in [9.17, 15) is 4.79 Å². The predicted octanol–water partition coefficient (Wildman–Crippen LogP) is 0.749. The minimum atomic E-state index is -0.102. The van der Waals surface area contributed by atoms with Crippen LogP contribution in [0.5, 0.6) is 0 Å². The maximum atomic E-state index is 11.7. The zero-order chi connectivity index (χ0) is 15.1. The van der Waals surface area contributed by atoms with Gasteiger partial charge in [0.1, 0.15) is 13.1 Å². The molecule has 2 rings (SSSR count). The van der Waals surface area contributed by atoms with Crippen molar-refractivity contribution in [2.45, 2.75) is 6.42 Å². The average molecular weight is 331 g/mol. The largest absolute Gasteiger partial charge is 0.370 e. The third kappa shape index (κ3) is 5.63. The van der Waals surface area contributed by atoms with E-state index < -0.39 is 0 Å². The van der Waals surface area contributed by atoms with Crippen molar-refractivity contribution in [2.75, 3.05) is 32.8 Å². The third-order valence-electron chi connectivity index (χ3n) is 3.26. The van der Waals surface area contributed by atoms with Crippen LogP contribution >= 0.6 is 23.2 Å². The minimum Gasteiger partial charge on any atom is -0.370 e. The summed E-state index contributed by atoms with van der Waals surface area (Å²) < 4.78 is 5.27. The van der Waals surface area contributed by atoms with Crippen molar-refractivity contribution < 1.29 is 14.4 Å². The number of carbonyl (C=O) groups excluding carboxylic acids is 1. The number of hydrogen-bond donors (Lipinski definition) is 2. The Morgan fingerprint density at radius 2 is 2.14 bits per heavy atom. The van der Waals surface area contributed by atoms with Gasteiger partial charge in [0.25, 0.3) is 0 Å². The lowest BCUT2D eigenvalue weighted by Gasteiger charge is -2.23. The Morgan fingerprint density at radius 1 is 1.38 bits per heavy atom. The fourth-order valence-electron chi connectivity index (χ4n) is 2.04. The van der Waals surface area contributed by atoms with Crippen LogP contribution < -0.4 is 10.3 Å². The Balaban J connectivity index is 1.73. The van der Waals surface area contributed by atoms with Crippen molar-refractivity contribution in [1.82, 2.24) is 5.43 Å². The first kappa shape index (κ1) is 16.2. The van der Waals surface area contributed by atoms with Crippen molar-refractivity contribution in [3.8, 4) is 0 Å². The summed E-state index contributed by atoms with van der Waals surface area (Å²) in [5.74, 6) is -0.102. The second kappa shape index (κ2) is 8.34. The highest BCUT2D eigenvalue weighted by atomic mass is 35.5. The van der Waals surface area contributed by atoms with Gasteiger partial charge in [0.05, 0.1) is 37.4 Å². The smallest absolute Gasteiger partial charge is 0.245 e. The lowest BCUT2D eigenvalue weighted by molar-refractivity contribution is -0.907. The predicted molar refractivity (Wildman–Crippen MR) is 83.2 cm³/mol. The van der Waals surface area contributed by atoms with Crippen LogP contribution in [0.1, 0.15) is 12.0 Å². The van der Waals surface area contributed by atoms with Crippen LogP contribution in [-0.2, 0) is 9.53 Å². The fourth-order valence-corrected chi connectivity index (χ4v) is 2.49. The first-order valence-corrected chi connectivity index (χ1v) is 7.59. The molecule has 0 aliphatic carbocycles. The number of halogens is 2. The summed E-state index contributed by atoms with van der Waals surface area (Å²) in [6.07, 6.45) is 1.96. The number of benzene rings is 1. The molecular formula is C14H18Cl2N3O2+. The van der Waals surface area contributed by atoms with Crippen molar-refractivity contribution in [3.05, 3.63) is 33.8 Å². The summed E-state index contributed by atoms with van der Waals surface area (Å²) >= 11 is 11.8. The van der Waals surface area contributed by atoms with E-state index in [1.165, 1.54) is 11.1 Å². The molecule has 0 bridgehead atoms. The molecule has 1 aromatic rings. The molecule has 0 radical (unpaired) electrons. The molecule has 1 fully saturated rings. The summed E-state index contributed by atoms with van der Waals surface area (Å²) in [5, 5.41) is 4.97. The Morgan fingerprint density at radius 3 is 2.86 bits per heavy atom. The molecule has 21 heavy (non-hydrogen) atoms. The monoisotopic (exact) mass is 330 g/mol. The molecule has 1 heterocycles. The van der Waals surface area contributed by atoms with Gasteiger partial charge in [-0.2, -0.15) is 5.10 Å². The molecular weight excluding hydrogens is 313 g/mol. The number of quaternary nitrogens is 1. The van der Waals surface area contributed by atoms with Crippen LogP contribution in [0.25, 0.3) is 0 Å². The number of hydrazone groups is 1. The Labute approximate surface area is 133 Å². The van der Waals surface area contributed by atoms with Gasteiger partial charge in [0, 0.05) is 10.6 Å². The molecule has 1 aliphatic heterocycles. The summed E-state index contributed by atoms with van der Waals surface area (Å²) in [6, 6.07) is 5.10. The van der Waals surface area contributed by atoms with E-state index in [0.717, 1.165) is 32.8 Å². The number of ether oxygens (including phenoxy) is 1. The molecule has 1 amide bonds. The number of morpholine rings is 1. The molecule has 7 heteroatoms. The zero-order valence-corrected chi connectivity index (χ0v) is 13.1. The van der Waals surface area contributed by atoms with Crippen molar-refractivity contribution in [3.63, 3.8) is 0 Å². The Kier molecular flexibility index (Phi) is 6.45. The van der Waals surface area contributed by atoms with E-state index in [1.54, 1.807) is 18.2 Å². The van der Waals surface area contributed by atoms with Crippen molar-refractivity contribution in [1.29, 1.82) is 0 Å². The van der Waals surface area contributed by atoms with Crippen LogP contribution in [0.2, 0.25) is 10.0 Å². The molecule has 1 aromatic carbocycles. The van der Waals surface area contributed by atoms with Gasteiger partial charge in [-0.05, 0) is 12.1 Å². The summed E-state index contributed by atoms with van der Waals surface area (Å²) in [4.78, 5) is 13.1. The van der Waals surface area contributed by atoms with Crippen LogP contribution in [-0.4, -0.2) is 45.0 Å². The summed E-state index contributed by atoms with van der Waals surface area (Å²) in [6.45, 7) is 4.24. The molecule has 5 nitrogen and oxygen atoms in total. The van der Waals surface area contributed by atoms with Gasteiger partial charge in [0.2, 0.25) is 5.91 Å². The second-order valence-electron chi connectivity index (χ2n) is 4.82. The highest BCUT2D eigenvalue weighted by molar-refractivity contribution is 6.36. The number of hydrogen-bond acceptors (Lipinski definition) is 3. The lowest BCUT2D eigenvalue weighted by Crippen LogP contribution is -3.14. The van der Waals surface area contributed by atoms with Gasteiger partial charge in [-0.1, -0.05) is 29.3 Å². The lowest BCUT2D eigenvalue weighted by atomic mass is 10.2. The van der Waals surface area contributed by atoms with Gasteiger partial charge in [-0.15, -0.1) is 0 Å². The zero-order valence-electron chi connectivity index (χ0n) is 11.6. The summed E-state index contributed by atoms with van der Waals surface area (Å²) in [5.41, 5.74) is 3.22. The number of rotatable bonds is 5. The van der Waals surface area contributed by atoms with E-state index in [0.29, 0.717) is 22.0 Å². The molecule has 1 aliphatic rings. The Bertz CT molecular complexity index is 517. The van der Waals surface area contributed by atoms with E-state index >= 15 is 0 Å². The second-order valence-corrected chi connectivity index (χ2v) is 5.67. The Hall–Kier alpha value is -1.14. The quantitative estimate of drug-likeness (QED) is 0.618. The third-order valence-corrected chi connectivity index (χ3v) is 3.82. The highest BCUT2D eigenvalue weighted by Crippen LogP contribution is 2.19. The first-order chi connectivity index (χ1) is 10.1. The maximum absolute atomic E-state index is 11.7. The molecule has 0 atom stereocenters. The fraction of sp³-hybridized carbons (Fsp3) is 0.429. The van der Waals surface area contributed by atoms with Crippen molar-refractivity contribution in [2.24, 2.45) is 5.10 Å². The van der Waals surface area contributed by atoms with E-state index in [1.807, 2.05) is 0 Å². The molecule has 114 valence electrons. The topological polar surface area (TPSA) is 55.1 Å². The number of amides is 1. The van der Waals surface area contributed by atoms with E-state index in [4.69, 9.17) is 27.9 Å². The maximum Gasteiger partial charge on any atom is 0.245 e. The highest BCUT2D eigenvalue weighted by Gasteiger charge is 2.14. The van der Waals surface area contributed by atoms with Gasteiger partial charge < -0.3 is 9.64 Å². The molecule has 1 saturated heterocycles. The van der Waals surface area contributed by atoms with Gasteiger partial charge >= 0.3 is 0 Å². The SMILES string of the molecule is O=C(CC[NH+]1CCOCC1)N/N=C\c1ccc(Cl)cc1Cl. The minimum absolute atomic E-state index is 0.102. The van der Waals surface area contributed by atoms with Gasteiger partial charge in [0.15, 0.2) is 0 Å². The van der Waals surface area contributed by atoms with Gasteiger partial charge in [-0.3, -0.25) is 4.79 Å². The van der Waals surface area contributed by atoms with Crippen molar-refractivity contribution >= 4 is 35.3 Å². The summed E-state index contributed by atoms with van der Waals surface area (Å²) in [7, 11) is 0. The normalized spacial score (nSPS) is 16.3. The van der Waals surface area contributed by atoms with E-state index in [-0.39, 0.29) is 5.91 Å². The molecule has 0 unspecified atom stereocenters. The van der Waals surface area contributed by atoms with E-state index in [2.05, 4.69) is 10.5 Å². The molecule has 0 spiro atoms. The average Bonchev–Trinajstić information content (AvgIpc) is 2.48. The van der Waals surface area contributed by atoms with Crippen LogP contribution in [0.4, 0.5) is 0 Å². The molecule has 0 aromatic heterocycles. The number of carbonyl (C=O) groups is 1. The number of nitrogens with zero attached hydrogens (tertiary/aromatic N) is 1. The van der Waals surface area contributed by atoms with Crippen LogP contribution in [0, 0.1) is 0 Å². The molecule has 2 N–H and O–H groups in total.